The van der Waals surface area contributed by atoms with Crippen molar-refractivity contribution in [3.8, 4) is 16.9 Å². The number of hydrogen-bond acceptors (Lipinski definition) is 9. The predicted octanol–water partition coefficient (Wildman–Crippen LogP) is 4.73. The fourth-order valence-electron chi connectivity index (χ4n) is 6.18. The van der Waals surface area contributed by atoms with Gasteiger partial charge in [-0.05, 0) is 51.0 Å². The van der Waals surface area contributed by atoms with E-state index in [2.05, 4.69) is 10.3 Å². The first-order valence-corrected chi connectivity index (χ1v) is 15.7. The van der Waals surface area contributed by atoms with E-state index in [-0.39, 0.29) is 51.0 Å². The summed E-state index contributed by atoms with van der Waals surface area (Å²) >= 11 is 6.29. The maximum atomic E-state index is 14.8. The number of aromatic nitrogens is 3. The zero-order chi connectivity index (χ0) is 32.4. The molecule has 2 saturated heterocycles. The van der Waals surface area contributed by atoms with E-state index >= 15 is 0 Å². The van der Waals surface area contributed by atoms with Crippen LogP contribution in [0, 0.1) is 18.7 Å². The highest BCUT2D eigenvalue weighted by atomic mass is 35.5. The molecule has 0 N–H and O–H groups in total. The van der Waals surface area contributed by atoms with Gasteiger partial charge >= 0.3 is 5.97 Å². The van der Waals surface area contributed by atoms with Crippen molar-refractivity contribution in [2.24, 2.45) is 5.92 Å². The maximum absolute atomic E-state index is 14.8. The number of aryl methyl sites for hydroxylation is 1. The van der Waals surface area contributed by atoms with Crippen molar-refractivity contribution < 1.29 is 23.2 Å². The minimum atomic E-state index is -0.604. The minimum Gasteiger partial charge on any atom is -0.466 e. The smallest absolute Gasteiger partial charge is 0.310 e. The second-order valence-electron chi connectivity index (χ2n) is 11.3. The Hall–Kier alpha value is -4.71. The molecular weight excluding hydrogens is 615 g/mol. The Bertz CT molecular complexity index is 1780. The molecule has 0 aliphatic carbocycles. The molecule has 2 aliphatic rings. The van der Waals surface area contributed by atoms with Gasteiger partial charge in [-0.15, -0.1) is 0 Å². The van der Waals surface area contributed by atoms with Crippen LogP contribution in [0.3, 0.4) is 0 Å². The Balaban J connectivity index is 1.28. The van der Waals surface area contributed by atoms with E-state index in [4.69, 9.17) is 20.9 Å². The molecule has 1 unspecified atom stereocenters. The van der Waals surface area contributed by atoms with Gasteiger partial charge in [0.05, 0.1) is 40.7 Å². The van der Waals surface area contributed by atoms with Gasteiger partial charge in [0.1, 0.15) is 28.5 Å². The number of para-hydroxylation sites is 1. The number of carbonyl (C=O) groups is 2. The van der Waals surface area contributed by atoms with Gasteiger partial charge in [0.15, 0.2) is 0 Å². The summed E-state index contributed by atoms with van der Waals surface area (Å²) in [5.41, 5.74) is 1.66. The van der Waals surface area contributed by atoms with E-state index in [0.717, 1.165) is 6.42 Å². The van der Waals surface area contributed by atoms with Crippen molar-refractivity contribution >= 4 is 34.9 Å². The molecule has 0 radical (unpaired) electrons. The fourth-order valence-corrected chi connectivity index (χ4v) is 6.43. The van der Waals surface area contributed by atoms with Gasteiger partial charge in [-0.3, -0.25) is 14.4 Å². The van der Waals surface area contributed by atoms with Crippen molar-refractivity contribution in [1.82, 2.24) is 19.8 Å². The van der Waals surface area contributed by atoms with Crippen LogP contribution in [0.15, 0.2) is 64.0 Å². The first-order chi connectivity index (χ1) is 22.3. The Morgan fingerprint density at radius 1 is 1.04 bits per heavy atom. The molecule has 2 aliphatic heterocycles. The second kappa shape index (κ2) is 13.3. The molecule has 13 heteroatoms. The number of halogens is 2. The summed E-state index contributed by atoms with van der Waals surface area (Å²) in [7, 11) is 0. The first-order valence-electron chi connectivity index (χ1n) is 15.3. The lowest BCUT2D eigenvalue weighted by molar-refractivity contribution is -0.148. The van der Waals surface area contributed by atoms with Crippen LogP contribution in [0.4, 0.5) is 15.8 Å². The van der Waals surface area contributed by atoms with E-state index in [9.17, 15) is 18.8 Å². The molecule has 2 fully saturated rings. The van der Waals surface area contributed by atoms with Gasteiger partial charge in [0.2, 0.25) is 0 Å². The zero-order valence-electron chi connectivity index (χ0n) is 25.6. The van der Waals surface area contributed by atoms with Crippen molar-refractivity contribution in [3.05, 3.63) is 87.2 Å². The maximum Gasteiger partial charge on any atom is 0.310 e. The normalized spacial score (nSPS) is 16.9. The number of benzene rings is 2. The summed E-state index contributed by atoms with van der Waals surface area (Å²) < 4.78 is 26.8. The molecular formula is C33H34ClFN6O5. The third kappa shape index (κ3) is 5.96. The van der Waals surface area contributed by atoms with Gasteiger partial charge in [0, 0.05) is 39.3 Å². The van der Waals surface area contributed by atoms with Crippen LogP contribution < -0.4 is 15.4 Å². The summed E-state index contributed by atoms with van der Waals surface area (Å²) in [5, 5.41) is 8.63. The molecule has 6 rings (SSSR count). The fraction of sp³-hybridized carbons (Fsp3) is 0.364. The van der Waals surface area contributed by atoms with Gasteiger partial charge in [-0.1, -0.05) is 41.0 Å². The van der Waals surface area contributed by atoms with Crippen molar-refractivity contribution in [2.75, 3.05) is 55.7 Å². The summed E-state index contributed by atoms with van der Waals surface area (Å²) in [4.78, 5) is 46.2. The Kier molecular flexibility index (Phi) is 9.07. The standard InChI is InChI=1S/C33H34ClFN6O5/c1-3-45-33(44)22-9-8-14-40(20-22)30-26(19-36-41(32(30)43)23-10-5-4-6-11-23)38-15-17-39(18-16-38)31(42)27-21(2)46-37-29(27)28-24(34)12-7-13-25(28)35/h4-7,10-13,19,22H,3,8-9,14-18,20H2,1-2H3. The van der Waals surface area contributed by atoms with Gasteiger partial charge in [0.25, 0.3) is 11.5 Å². The molecule has 240 valence electrons. The number of piperazine rings is 1. The number of rotatable bonds is 7. The number of amides is 1. The average Bonchev–Trinajstić information content (AvgIpc) is 3.45. The summed E-state index contributed by atoms with van der Waals surface area (Å²) in [6, 6.07) is 13.5. The largest absolute Gasteiger partial charge is 0.466 e. The number of esters is 1. The quantitative estimate of drug-likeness (QED) is 0.262. The zero-order valence-corrected chi connectivity index (χ0v) is 26.4. The van der Waals surface area contributed by atoms with Crippen molar-refractivity contribution in [1.29, 1.82) is 0 Å². The highest BCUT2D eigenvalue weighted by molar-refractivity contribution is 6.33. The molecule has 2 aromatic carbocycles. The molecule has 0 bridgehead atoms. The Morgan fingerprint density at radius 3 is 2.52 bits per heavy atom. The van der Waals surface area contributed by atoms with Crippen LogP contribution in [0.1, 0.15) is 35.9 Å². The van der Waals surface area contributed by atoms with E-state index in [1.807, 2.05) is 40.1 Å². The van der Waals surface area contributed by atoms with Gasteiger partial charge in [-0.2, -0.15) is 9.78 Å². The number of piperidine rings is 1. The molecule has 1 amide bonds. The van der Waals surface area contributed by atoms with Crippen molar-refractivity contribution in [2.45, 2.75) is 26.7 Å². The molecule has 4 aromatic rings. The monoisotopic (exact) mass is 648 g/mol. The lowest BCUT2D eigenvalue weighted by atomic mass is 9.97. The molecule has 0 spiro atoms. The lowest BCUT2D eigenvalue weighted by Gasteiger charge is -2.39. The average molecular weight is 649 g/mol. The Morgan fingerprint density at radius 2 is 1.80 bits per heavy atom. The number of anilines is 2. The van der Waals surface area contributed by atoms with Gasteiger partial charge in [-0.25, -0.2) is 4.39 Å². The third-order valence-corrected chi connectivity index (χ3v) is 8.79. The van der Waals surface area contributed by atoms with Crippen LogP contribution in [-0.4, -0.2) is 77.6 Å². The van der Waals surface area contributed by atoms with Crippen molar-refractivity contribution in [3.63, 3.8) is 0 Å². The molecule has 46 heavy (non-hydrogen) atoms. The highest BCUT2D eigenvalue weighted by Crippen LogP contribution is 2.35. The molecule has 1 atom stereocenters. The highest BCUT2D eigenvalue weighted by Gasteiger charge is 2.34. The van der Waals surface area contributed by atoms with Gasteiger partial charge < -0.3 is 24.0 Å². The second-order valence-corrected chi connectivity index (χ2v) is 11.7. The van der Waals surface area contributed by atoms with E-state index in [1.54, 1.807) is 24.9 Å². The van der Waals surface area contributed by atoms with Crippen LogP contribution in [0.5, 0.6) is 0 Å². The molecule has 2 aromatic heterocycles. The number of hydrogen-bond donors (Lipinski definition) is 0. The summed E-state index contributed by atoms with van der Waals surface area (Å²) in [5.74, 6) is -1.30. The SMILES string of the molecule is CCOC(=O)C1CCCN(c2c(N3CCN(C(=O)c4c(-c5c(F)cccc5Cl)noc4C)CC3)cnn(-c3ccccc3)c2=O)C1. The lowest BCUT2D eigenvalue weighted by Crippen LogP contribution is -2.50. The minimum absolute atomic E-state index is 0.0142. The van der Waals surface area contributed by atoms with Crippen LogP contribution in [0.25, 0.3) is 16.9 Å². The van der Waals surface area contributed by atoms with E-state index in [0.29, 0.717) is 69.4 Å². The summed E-state index contributed by atoms with van der Waals surface area (Å²) in [6.45, 7) is 6.09. The van der Waals surface area contributed by atoms with Crippen LogP contribution in [0.2, 0.25) is 5.02 Å². The van der Waals surface area contributed by atoms with E-state index in [1.165, 1.54) is 22.9 Å². The summed E-state index contributed by atoms with van der Waals surface area (Å²) in [6.07, 6.45) is 3.09. The Labute approximate surface area is 270 Å². The van der Waals surface area contributed by atoms with Crippen LogP contribution in [-0.2, 0) is 9.53 Å². The first kappa shape index (κ1) is 31.3. The number of ether oxygens (including phenoxy) is 1. The number of nitrogens with zero attached hydrogens (tertiary/aromatic N) is 6. The van der Waals surface area contributed by atoms with E-state index < -0.39 is 5.82 Å². The predicted molar refractivity (Wildman–Crippen MR) is 171 cm³/mol. The topological polar surface area (TPSA) is 114 Å². The molecule has 11 nitrogen and oxygen atoms in total. The number of carbonyl (C=O) groups excluding carboxylic acids is 2. The molecule has 4 heterocycles. The van der Waals surface area contributed by atoms with Crippen LogP contribution >= 0.6 is 11.6 Å². The third-order valence-electron chi connectivity index (χ3n) is 8.48. The molecule has 0 saturated carbocycles.